The molecule has 0 radical (unpaired) electrons. The summed E-state index contributed by atoms with van der Waals surface area (Å²) in [5, 5.41) is 2.96. The van der Waals surface area contributed by atoms with Gasteiger partial charge in [0, 0.05) is 26.2 Å². The summed E-state index contributed by atoms with van der Waals surface area (Å²) in [6.07, 6.45) is 2.66. The second kappa shape index (κ2) is 9.17. The Hall–Kier alpha value is -2.74. The van der Waals surface area contributed by atoms with Crippen LogP contribution in [0.25, 0.3) is 0 Å². The number of nitrogens with one attached hydrogen (secondary N) is 1. The number of hydrogen-bond donors (Lipinski definition) is 1. The highest BCUT2D eigenvalue weighted by molar-refractivity contribution is 5.78. The molecular formula is C21H28N6O2. The number of morpholine rings is 1. The van der Waals surface area contributed by atoms with Crippen LogP contribution in [0.5, 0.6) is 0 Å². The molecular weight excluding hydrogens is 368 g/mol. The topological polar surface area (TPSA) is 83.5 Å². The zero-order valence-corrected chi connectivity index (χ0v) is 16.9. The quantitative estimate of drug-likeness (QED) is 0.792. The molecule has 1 aromatic carbocycles. The van der Waals surface area contributed by atoms with E-state index in [1.54, 1.807) is 0 Å². The van der Waals surface area contributed by atoms with Crippen LogP contribution < -0.4 is 15.1 Å². The lowest BCUT2D eigenvalue weighted by atomic mass is 10.1. The van der Waals surface area contributed by atoms with Crippen LogP contribution in [0.3, 0.4) is 0 Å². The Morgan fingerprint density at radius 2 is 1.72 bits per heavy atom. The molecule has 0 bridgehead atoms. The number of aromatic nitrogens is 3. The molecule has 2 aromatic rings. The number of carbonyl (C=O) groups excluding carboxylic acids is 1. The van der Waals surface area contributed by atoms with Gasteiger partial charge in [0.25, 0.3) is 0 Å². The molecule has 2 aliphatic heterocycles. The lowest BCUT2D eigenvalue weighted by molar-refractivity contribution is -0.120. The number of ether oxygens (including phenoxy) is 1. The van der Waals surface area contributed by atoms with E-state index in [1.807, 2.05) is 31.2 Å². The SMILES string of the molecule is Cc1cccc(CC(=O)NCc2nc(N3CCCC3)nc(N3CCOCC3)n2)c1. The van der Waals surface area contributed by atoms with Crippen LogP contribution in [0.1, 0.15) is 29.8 Å². The molecule has 2 aliphatic rings. The van der Waals surface area contributed by atoms with Crippen molar-refractivity contribution in [2.45, 2.75) is 32.7 Å². The van der Waals surface area contributed by atoms with Gasteiger partial charge in [0.2, 0.25) is 17.8 Å². The predicted molar refractivity (Wildman–Crippen MR) is 111 cm³/mol. The van der Waals surface area contributed by atoms with Crippen molar-refractivity contribution in [3.8, 4) is 0 Å². The summed E-state index contributed by atoms with van der Waals surface area (Å²) in [6.45, 7) is 7.13. The molecule has 0 spiro atoms. The average Bonchev–Trinajstić information content (AvgIpc) is 3.28. The van der Waals surface area contributed by atoms with Crippen LogP contribution in [0.15, 0.2) is 24.3 Å². The Balaban J connectivity index is 1.46. The zero-order chi connectivity index (χ0) is 20.1. The van der Waals surface area contributed by atoms with E-state index in [-0.39, 0.29) is 5.91 Å². The summed E-state index contributed by atoms with van der Waals surface area (Å²) in [5.74, 6) is 1.95. The number of hydrogen-bond acceptors (Lipinski definition) is 7. The molecule has 4 rings (SSSR count). The highest BCUT2D eigenvalue weighted by Gasteiger charge is 2.21. The number of amides is 1. The van der Waals surface area contributed by atoms with Gasteiger partial charge in [-0.15, -0.1) is 0 Å². The number of rotatable bonds is 6. The first-order valence-corrected chi connectivity index (χ1v) is 10.3. The maximum absolute atomic E-state index is 12.4. The number of anilines is 2. The van der Waals surface area contributed by atoms with Crippen molar-refractivity contribution in [3.05, 3.63) is 41.2 Å². The summed E-state index contributed by atoms with van der Waals surface area (Å²) < 4.78 is 5.45. The Morgan fingerprint density at radius 3 is 2.41 bits per heavy atom. The number of benzene rings is 1. The molecule has 8 heteroatoms. The minimum atomic E-state index is -0.0355. The summed E-state index contributed by atoms with van der Waals surface area (Å²) in [4.78, 5) is 30.7. The average molecular weight is 396 g/mol. The third-order valence-corrected chi connectivity index (χ3v) is 5.23. The van der Waals surface area contributed by atoms with E-state index >= 15 is 0 Å². The molecule has 3 heterocycles. The molecule has 1 aromatic heterocycles. The van der Waals surface area contributed by atoms with Crippen molar-refractivity contribution in [3.63, 3.8) is 0 Å². The Bertz CT molecular complexity index is 847. The number of aryl methyl sites for hydroxylation is 1. The highest BCUT2D eigenvalue weighted by Crippen LogP contribution is 2.19. The van der Waals surface area contributed by atoms with Gasteiger partial charge in [-0.25, -0.2) is 0 Å². The summed E-state index contributed by atoms with van der Waals surface area (Å²) in [6, 6.07) is 8.00. The fourth-order valence-corrected chi connectivity index (χ4v) is 3.69. The molecule has 8 nitrogen and oxygen atoms in total. The first kappa shape index (κ1) is 19.6. The maximum atomic E-state index is 12.4. The monoisotopic (exact) mass is 396 g/mol. The van der Waals surface area contributed by atoms with E-state index in [9.17, 15) is 4.79 Å². The number of nitrogens with zero attached hydrogens (tertiary/aromatic N) is 5. The van der Waals surface area contributed by atoms with Crippen LogP contribution in [0.4, 0.5) is 11.9 Å². The molecule has 0 aliphatic carbocycles. The van der Waals surface area contributed by atoms with Crippen LogP contribution in [-0.2, 0) is 22.5 Å². The Kier molecular flexibility index (Phi) is 6.19. The molecule has 0 unspecified atom stereocenters. The second-order valence-corrected chi connectivity index (χ2v) is 7.59. The zero-order valence-electron chi connectivity index (χ0n) is 16.9. The molecule has 0 atom stereocenters. The Labute approximate surface area is 171 Å². The van der Waals surface area contributed by atoms with Crippen molar-refractivity contribution in [1.82, 2.24) is 20.3 Å². The van der Waals surface area contributed by atoms with E-state index in [0.29, 0.717) is 43.9 Å². The van der Waals surface area contributed by atoms with Crippen LogP contribution >= 0.6 is 0 Å². The lowest BCUT2D eigenvalue weighted by Gasteiger charge is -2.28. The smallest absolute Gasteiger partial charge is 0.230 e. The first-order chi connectivity index (χ1) is 14.2. The van der Waals surface area contributed by atoms with Gasteiger partial charge in [0.05, 0.1) is 26.2 Å². The number of carbonyl (C=O) groups is 1. The summed E-state index contributed by atoms with van der Waals surface area (Å²) >= 11 is 0. The summed E-state index contributed by atoms with van der Waals surface area (Å²) in [5.41, 5.74) is 2.16. The minimum Gasteiger partial charge on any atom is -0.378 e. The maximum Gasteiger partial charge on any atom is 0.230 e. The third-order valence-electron chi connectivity index (χ3n) is 5.23. The van der Waals surface area contributed by atoms with Gasteiger partial charge in [-0.3, -0.25) is 4.79 Å². The van der Waals surface area contributed by atoms with Gasteiger partial charge in [-0.1, -0.05) is 29.8 Å². The first-order valence-electron chi connectivity index (χ1n) is 10.3. The third kappa shape index (κ3) is 5.20. The van der Waals surface area contributed by atoms with Gasteiger partial charge < -0.3 is 19.9 Å². The van der Waals surface area contributed by atoms with E-state index in [4.69, 9.17) is 9.72 Å². The largest absolute Gasteiger partial charge is 0.378 e. The normalized spacial score (nSPS) is 16.9. The van der Waals surface area contributed by atoms with Crippen molar-refractivity contribution in [2.75, 3.05) is 49.2 Å². The van der Waals surface area contributed by atoms with E-state index in [2.05, 4.69) is 25.1 Å². The second-order valence-electron chi connectivity index (χ2n) is 7.59. The molecule has 0 saturated carbocycles. The predicted octanol–water partition coefficient (Wildman–Crippen LogP) is 1.48. The van der Waals surface area contributed by atoms with Crippen LogP contribution in [0, 0.1) is 6.92 Å². The standard InChI is InChI=1S/C21H28N6O2/c1-16-5-4-6-17(13-16)14-19(28)22-15-18-23-20(26-7-2-3-8-26)25-21(24-18)27-9-11-29-12-10-27/h4-6,13H,2-3,7-12,14-15H2,1H3,(H,22,28). The molecule has 2 saturated heterocycles. The van der Waals surface area contributed by atoms with Crippen LogP contribution in [0.2, 0.25) is 0 Å². The van der Waals surface area contributed by atoms with Gasteiger partial charge in [-0.05, 0) is 25.3 Å². The van der Waals surface area contributed by atoms with Crippen molar-refractivity contribution >= 4 is 17.8 Å². The molecule has 2 fully saturated rings. The fourth-order valence-electron chi connectivity index (χ4n) is 3.69. The highest BCUT2D eigenvalue weighted by atomic mass is 16.5. The van der Waals surface area contributed by atoms with Crippen molar-refractivity contribution in [1.29, 1.82) is 0 Å². The van der Waals surface area contributed by atoms with Crippen LogP contribution in [-0.4, -0.2) is 60.3 Å². The lowest BCUT2D eigenvalue weighted by Crippen LogP contribution is -2.38. The van der Waals surface area contributed by atoms with Gasteiger partial charge in [0.1, 0.15) is 0 Å². The van der Waals surface area contributed by atoms with E-state index in [0.717, 1.165) is 50.1 Å². The van der Waals surface area contributed by atoms with Gasteiger partial charge in [-0.2, -0.15) is 15.0 Å². The van der Waals surface area contributed by atoms with Crippen molar-refractivity contribution < 1.29 is 9.53 Å². The van der Waals surface area contributed by atoms with Crippen molar-refractivity contribution in [2.24, 2.45) is 0 Å². The van der Waals surface area contributed by atoms with Gasteiger partial charge >= 0.3 is 0 Å². The minimum absolute atomic E-state index is 0.0355. The summed E-state index contributed by atoms with van der Waals surface area (Å²) in [7, 11) is 0. The molecule has 1 N–H and O–H groups in total. The molecule has 1 amide bonds. The van der Waals surface area contributed by atoms with E-state index in [1.165, 1.54) is 0 Å². The van der Waals surface area contributed by atoms with E-state index < -0.39 is 0 Å². The molecule has 154 valence electrons. The Morgan fingerprint density at radius 1 is 1.03 bits per heavy atom. The van der Waals surface area contributed by atoms with Gasteiger partial charge in [0.15, 0.2) is 5.82 Å². The fraction of sp³-hybridized carbons (Fsp3) is 0.524. The molecule has 29 heavy (non-hydrogen) atoms.